The zero-order chi connectivity index (χ0) is 21.7. The number of rotatable bonds is 9. The largest absolute Gasteiger partial charge is 0.492 e. The van der Waals surface area contributed by atoms with Crippen molar-refractivity contribution in [3.8, 4) is 5.75 Å². The molecule has 3 rings (SSSR count). The maximum Gasteiger partial charge on any atom is 0.306 e. The van der Waals surface area contributed by atoms with E-state index in [1.807, 2.05) is 0 Å². The molecule has 1 aliphatic heterocycles. The van der Waals surface area contributed by atoms with Gasteiger partial charge in [0.25, 0.3) is 0 Å². The molecule has 1 fully saturated rings. The molecule has 1 aliphatic rings. The first-order valence-corrected chi connectivity index (χ1v) is 11.0. The van der Waals surface area contributed by atoms with Crippen LogP contribution in [0.4, 0.5) is 11.4 Å². The smallest absolute Gasteiger partial charge is 0.306 e. The highest BCUT2D eigenvalue weighted by Gasteiger charge is 2.30. The lowest BCUT2D eigenvalue weighted by Gasteiger charge is -2.19. The van der Waals surface area contributed by atoms with Gasteiger partial charge in [0.2, 0.25) is 15.9 Å². The van der Waals surface area contributed by atoms with Crippen molar-refractivity contribution >= 4 is 27.3 Å². The molecule has 0 saturated carbocycles. The Bertz CT molecular complexity index is 1030. The Kier molecular flexibility index (Phi) is 6.67. The molecular formula is C18H23N5O6S. The van der Waals surface area contributed by atoms with E-state index in [4.69, 9.17) is 4.74 Å². The van der Waals surface area contributed by atoms with E-state index in [0.29, 0.717) is 25.4 Å². The molecule has 2 aromatic rings. The average Bonchev–Trinajstić information content (AvgIpc) is 3.40. The van der Waals surface area contributed by atoms with Crippen molar-refractivity contribution in [1.82, 2.24) is 14.1 Å². The summed E-state index contributed by atoms with van der Waals surface area (Å²) in [4.78, 5) is 22.4. The van der Waals surface area contributed by atoms with Gasteiger partial charge < -0.3 is 10.1 Å². The second kappa shape index (κ2) is 9.22. The fraction of sp³-hybridized carbons (Fsp3) is 0.444. The number of ether oxygens (including phenoxy) is 1. The molecule has 11 nitrogen and oxygen atoms in total. The van der Waals surface area contributed by atoms with E-state index in [2.05, 4.69) is 10.4 Å². The highest BCUT2D eigenvalue weighted by molar-refractivity contribution is 7.89. The summed E-state index contributed by atoms with van der Waals surface area (Å²) in [5, 5.41) is 17.2. The molecule has 0 radical (unpaired) electrons. The number of anilines is 1. The predicted octanol–water partition coefficient (Wildman–Crippen LogP) is 2.00. The number of hydrogen-bond acceptors (Lipinski definition) is 7. The van der Waals surface area contributed by atoms with Crippen molar-refractivity contribution in [3.05, 3.63) is 40.7 Å². The van der Waals surface area contributed by atoms with Crippen LogP contribution in [0.3, 0.4) is 0 Å². The van der Waals surface area contributed by atoms with E-state index in [1.54, 1.807) is 13.0 Å². The van der Waals surface area contributed by atoms with Crippen molar-refractivity contribution in [2.75, 3.05) is 25.0 Å². The minimum absolute atomic E-state index is 0.0141. The molecule has 0 spiro atoms. The van der Waals surface area contributed by atoms with E-state index < -0.39 is 14.9 Å². The van der Waals surface area contributed by atoms with Crippen LogP contribution >= 0.6 is 0 Å². The van der Waals surface area contributed by atoms with E-state index in [1.165, 1.54) is 27.3 Å². The van der Waals surface area contributed by atoms with Gasteiger partial charge in [-0.2, -0.15) is 9.40 Å². The van der Waals surface area contributed by atoms with Crippen molar-refractivity contribution in [3.63, 3.8) is 0 Å². The van der Waals surface area contributed by atoms with Gasteiger partial charge in [-0.15, -0.1) is 0 Å². The van der Waals surface area contributed by atoms with Crippen LogP contribution in [0, 0.1) is 10.1 Å². The first-order chi connectivity index (χ1) is 14.3. The summed E-state index contributed by atoms with van der Waals surface area (Å²) in [6, 6.07) is 4.50. The minimum atomic E-state index is -3.73. The molecule has 30 heavy (non-hydrogen) atoms. The van der Waals surface area contributed by atoms with Gasteiger partial charge >= 0.3 is 5.69 Å². The summed E-state index contributed by atoms with van der Waals surface area (Å²) in [5.41, 5.74) is 0.173. The monoisotopic (exact) mass is 437 g/mol. The van der Waals surface area contributed by atoms with E-state index in [-0.39, 0.29) is 35.2 Å². The van der Waals surface area contributed by atoms with Gasteiger partial charge in [0.05, 0.1) is 11.5 Å². The van der Waals surface area contributed by atoms with Gasteiger partial charge in [-0.05, 0) is 38.0 Å². The quantitative estimate of drug-likeness (QED) is 0.468. The number of amides is 1. The number of carbonyl (C=O) groups is 1. The number of sulfonamides is 1. The zero-order valence-corrected chi connectivity index (χ0v) is 17.3. The molecule has 1 N–H and O–H groups in total. The highest BCUT2D eigenvalue weighted by Crippen LogP contribution is 2.31. The molecule has 0 unspecified atom stereocenters. The van der Waals surface area contributed by atoms with Crippen molar-refractivity contribution in [2.45, 2.75) is 37.6 Å². The number of nitrogens with one attached hydrogen (secondary N) is 1. The van der Waals surface area contributed by atoms with E-state index in [9.17, 15) is 23.3 Å². The number of nitro groups is 1. The first kappa shape index (κ1) is 21.7. The molecule has 12 heteroatoms. The maximum absolute atomic E-state index is 13.0. The molecule has 1 aromatic heterocycles. The van der Waals surface area contributed by atoms with Crippen LogP contribution < -0.4 is 10.1 Å². The van der Waals surface area contributed by atoms with Crippen LogP contribution in [0.5, 0.6) is 5.75 Å². The number of aryl methyl sites for hydroxylation is 1. The van der Waals surface area contributed by atoms with Crippen molar-refractivity contribution in [1.29, 1.82) is 0 Å². The Hall–Kier alpha value is -2.99. The number of benzene rings is 1. The average molecular weight is 437 g/mol. The predicted molar refractivity (Wildman–Crippen MR) is 108 cm³/mol. The lowest BCUT2D eigenvalue weighted by molar-refractivity contribution is -0.385. The van der Waals surface area contributed by atoms with Crippen molar-refractivity contribution < 1.29 is 22.9 Å². The summed E-state index contributed by atoms with van der Waals surface area (Å²) in [7, 11) is -3.73. The Morgan fingerprint density at radius 1 is 1.33 bits per heavy atom. The van der Waals surface area contributed by atoms with Gasteiger partial charge in [-0.25, -0.2) is 8.42 Å². The Labute approximate surface area is 173 Å². The number of aromatic nitrogens is 2. The third kappa shape index (κ3) is 4.94. The maximum atomic E-state index is 13.0. The second-order valence-electron chi connectivity index (χ2n) is 6.72. The van der Waals surface area contributed by atoms with Crippen LogP contribution in [0.25, 0.3) is 0 Å². The molecule has 1 saturated heterocycles. The highest BCUT2D eigenvalue weighted by atomic mass is 32.2. The summed E-state index contributed by atoms with van der Waals surface area (Å²) in [5.74, 6) is -0.131. The third-order valence-electron chi connectivity index (χ3n) is 4.61. The van der Waals surface area contributed by atoms with E-state index in [0.717, 1.165) is 19.0 Å². The number of nitrogens with zero attached hydrogens (tertiary/aromatic N) is 4. The SMILES string of the molecule is CCOc1ccc(NC(=O)CCn2cc([N+](=O)[O-])cn2)cc1S(=O)(=O)N1CCCC1. The Morgan fingerprint density at radius 3 is 2.70 bits per heavy atom. The normalized spacial score (nSPS) is 14.6. The Balaban J connectivity index is 1.72. The van der Waals surface area contributed by atoms with Crippen LogP contribution in [0.1, 0.15) is 26.2 Å². The summed E-state index contributed by atoms with van der Waals surface area (Å²) >= 11 is 0. The summed E-state index contributed by atoms with van der Waals surface area (Å²) in [6.07, 6.45) is 3.99. The Morgan fingerprint density at radius 2 is 2.07 bits per heavy atom. The molecule has 1 amide bonds. The van der Waals surface area contributed by atoms with Crippen LogP contribution in [0.2, 0.25) is 0 Å². The fourth-order valence-electron chi connectivity index (χ4n) is 3.14. The molecule has 0 bridgehead atoms. The number of hydrogen-bond donors (Lipinski definition) is 1. The van der Waals surface area contributed by atoms with Gasteiger partial charge in [-0.3, -0.25) is 19.6 Å². The van der Waals surface area contributed by atoms with Gasteiger partial charge in [0.1, 0.15) is 23.0 Å². The first-order valence-electron chi connectivity index (χ1n) is 9.55. The van der Waals surface area contributed by atoms with Crippen LogP contribution in [0.15, 0.2) is 35.5 Å². The lowest BCUT2D eigenvalue weighted by Crippen LogP contribution is -2.28. The standard InChI is InChI=1S/C18H23N5O6S/c1-2-29-16-6-5-14(11-17(16)30(27,28)22-8-3-4-9-22)20-18(24)7-10-21-13-15(12-19-21)23(25)26/h5-6,11-13H,2-4,7-10H2,1H3,(H,20,24). The molecule has 0 atom stereocenters. The fourth-order valence-corrected chi connectivity index (χ4v) is 4.81. The summed E-state index contributed by atoms with van der Waals surface area (Å²) in [6.45, 7) is 3.14. The van der Waals surface area contributed by atoms with Gasteiger partial charge in [0, 0.05) is 31.7 Å². The second-order valence-corrected chi connectivity index (χ2v) is 8.63. The molecule has 1 aromatic carbocycles. The lowest BCUT2D eigenvalue weighted by atomic mass is 10.3. The summed E-state index contributed by atoms with van der Waals surface area (Å²) < 4.78 is 34.2. The number of carbonyl (C=O) groups excluding carboxylic acids is 1. The molecule has 0 aliphatic carbocycles. The van der Waals surface area contributed by atoms with Crippen molar-refractivity contribution in [2.24, 2.45) is 0 Å². The minimum Gasteiger partial charge on any atom is -0.492 e. The van der Waals surface area contributed by atoms with E-state index >= 15 is 0 Å². The topological polar surface area (TPSA) is 137 Å². The van der Waals surface area contributed by atoms with Crippen LogP contribution in [-0.4, -0.2) is 53.0 Å². The molecule has 2 heterocycles. The van der Waals surface area contributed by atoms with Gasteiger partial charge in [-0.1, -0.05) is 0 Å². The molecule has 162 valence electrons. The zero-order valence-electron chi connectivity index (χ0n) is 16.5. The molecular weight excluding hydrogens is 414 g/mol. The van der Waals surface area contributed by atoms with Gasteiger partial charge in [0.15, 0.2) is 0 Å². The third-order valence-corrected chi connectivity index (χ3v) is 6.53. The van der Waals surface area contributed by atoms with Crippen LogP contribution in [-0.2, 0) is 21.4 Å².